The third-order valence-corrected chi connectivity index (χ3v) is 3.44. The Morgan fingerprint density at radius 2 is 2.00 bits per heavy atom. The summed E-state index contributed by atoms with van der Waals surface area (Å²) in [5, 5.41) is 9.18. The standard InChI is InChI=1S/C17H19N3O/c1-3-21-14-8-6-7-13(11-14)18-12-16-15-9-4-5-10-17(15)20(2)19-16/h4-11,18H,3,12H2,1-2H3. The van der Waals surface area contributed by atoms with Crippen molar-refractivity contribution in [3.63, 3.8) is 0 Å². The molecule has 0 fully saturated rings. The van der Waals surface area contributed by atoms with E-state index >= 15 is 0 Å². The van der Waals surface area contributed by atoms with E-state index in [2.05, 4.69) is 22.5 Å². The van der Waals surface area contributed by atoms with Gasteiger partial charge >= 0.3 is 0 Å². The Morgan fingerprint density at radius 3 is 2.86 bits per heavy atom. The van der Waals surface area contributed by atoms with Crippen LogP contribution < -0.4 is 10.1 Å². The molecule has 0 aliphatic rings. The Hall–Kier alpha value is -2.49. The molecule has 3 aromatic rings. The minimum absolute atomic E-state index is 0.675. The van der Waals surface area contributed by atoms with E-state index in [4.69, 9.17) is 4.74 Å². The van der Waals surface area contributed by atoms with Crippen molar-refractivity contribution in [2.75, 3.05) is 11.9 Å². The van der Waals surface area contributed by atoms with Crippen molar-refractivity contribution in [3.05, 3.63) is 54.2 Å². The van der Waals surface area contributed by atoms with Crippen LogP contribution in [0.4, 0.5) is 5.69 Å². The van der Waals surface area contributed by atoms with Gasteiger partial charge in [-0.3, -0.25) is 4.68 Å². The Labute approximate surface area is 124 Å². The predicted molar refractivity (Wildman–Crippen MR) is 85.7 cm³/mol. The molecule has 0 atom stereocenters. The summed E-state index contributed by atoms with van der Waals surface area (Å²) >= 11 is 0. The van der Waals surface area contributed by atoms with E-state index in [0.29, 0.717) is 13.2 Å². The van der Waals surface area contributed by atoms with Gasteiger partial charge in [0.2, 0.25) is 0 Å². The molecule has 1 heterocycles. The third-order valence-electron chi connectivity index (χ3n) is 3.44. The smallest absolute Gasteiger partial charge is 0.121 e. The molecule has 3 rings (SSSR count). The van der Waals surface area contributed by atoms with Crippen molar-refractivity contribution in [3.8, 4) is 5.75 Å². The molecule has 0 unspecified atom stereocenters. The highest BCUT2D eigenvalue weighted by Gasteiger charge is 2.07. The largest absolute Gasteiger partial charge is 0.494 e. The molecule has 1 N–H and O–H groups in total. The Bertz CT molecular complexity index is 749. The van der Waals surface area contributed by atoms with Crippen molar-refractivity contribution in [1.29, 1.82) is 0 Å². The molecule has 2 aromatic carbocycles. The van der Waals surface area contributed by atoms with Crippen molar-refractivity contribution < 1.29 is 4.74 Å². The second-order valence-corrected chi connectivity index (χ2v) is 4.90. The number of hydrogen-bond donors (Lipinski definition) is 1. The minimum atomic E-state index is 0.675. The summed E-state index contributed by atoms with van der Waals surface area (Å²) < 4.78 is 7.43. The molecule has 0 aliphatic heterocycles. The number of nitrogens with zero attached hydrogens (tertiary/aromatic N) is 2. The highest BCUT2D eigenvalue weighted by atomic mass is 16.5. The molecule has 4 nitrogen and oxygen atoms in total. The molecular formula is C17H19N3O. The molecule has 0 radical (unpaired) electrons. The maximum atomic E-state index is 5.51. The molecule has 0 saturated heterocycles. The zero-order valence-corrected chi connectivity index (χ0v) is 12.3. The summed E-state index contributed by atoms with van der Waals surface area (Å²) in [5.74, 6) is 0.883. The highest BCUT2D eigenvalue weighted by molar-refractivity contribution is 5.82. The van der Waals surface area contributed by atoms with Gasteiger partial charge in [-0.15, -0.1) is 0 Å². The molecule has 0 amide bonds. The minimum Gasteiger partial charge on any atom is -0.494 e. The number of hydrogen-bond acceptors (Lipinski definition) is 3. The van der Waals surface area contributed by atoms with Crippen molar-refractivity contribution in [2.45, 2.75) is 13.5 Å². The highest BCUT2D eigenvalue weighted by Crippen LogP contribution is 2.21. The third kappa shape index (κ3) is 2.84. The van der Waals surface area contributed by atoms with Crippen LogP contribution in [0.25, 0.3) is 10.9 Å². The van der Waals surface area contributed by atoms with Gasteiger partial charge in [0.1, 0.15) is 5.75 Å². The SMILES string of the molecule is CCOc1cccc(NCc2nn(C)c3ccccc23)c1. The number of ether oxygens (including phenoxy) is 1. The number of aromatic nitrogens is 2. The first-order valence-electron chi connectivity index (χ1n) is 7.15. The Morgan fingerprint density at radius 1 is 1.14 bits per heavy atom. The lowest BCUT2D eigenvalue weighted by Crippen LogP contribution is -2.02. The zero-order chi connectivity index (χ0) is 14.7. The van der Waals surface area contributed by atoms with Gasteiger partial charge in [0.15, 0.2) is 0 Å². The topological polar surface area (TPSA) is 39.1 Å². The van der Waals surface area contributed by atoms with Gasteiger partial charge < -0.3 is 10.1 Å². The van der Waals surface area contributed by atoms with Gasteiger partial charge in [0, 0.05) is 24.2 Å². The molecule has 0 bridgehead atoms. The number of anilines is 1. The fraction of sp³-hybridized carbons (Fsp3) is 0.235. The summed E-state index contributed by atoms with van der Waals surface area (Å²) in [5.41, 5.74) is 3.24. The molecule has 108 valence electrons. The lowest BCUT2D eigenvalue weighted by atomic mass is 10.2. The molecule has 0 spiro atoms. The predicted octanol–water partition coefficient (Wildman–Crippen LogP) is 3.58. The van der Waals surface area contributed by atoms with Crippen molar-refractivity contribution in [1.82, 2.24) is 9.78 Å². The van der Waals surface area contributed by atoms with Crippen LogP contribution in [0, 0.1) is 0 Å². The van der Waals surface area contributed by atoms with Crippen LogP contribution in [0.1, 0.15) is 12.6 Å². The molecule has 1 aromatic heterocycles. The normalized spacial score (nSPS) is 10.8. The van der Waals surface area contributed by atoms with Gasteiger partial charge in [-0.25, -0.2) is 0 Å². The van der Waals surface area contributed by atoms with Crippen LogP contribution in [0.5, 0.6) is 5.75 Å². The number of fused-ring (bicyclic) bond motifs is 1. The van der Waals surface area contributed by atoms with Crippen LogP contribution in [-0.4, -0.2) is 16.4 Å². The van der Waals surface area contributed by atoms with Crippen LogP contribution in [0.2, 0.25) is 0 Å². The summed E-state index contributed by atoms with van der Waals surface area (Å²) in [6.45, 7) is 3.35. The van der Waals surface area contributed by atoms with Gasteiger partial charge in [0.25, 0.3) is 0 Å². The van der Waals surface area contributed by atoms with E-state index in [1.165, 1.54) is 5.39 Å². The van der Waals surface area contributed by atoms with E-state index in [0.717, 1.165) is 22.6 Å². The second kappa shape index (κ2) is 5.87. The van der Waals surface area contributed by atoms with Gasteiger partial charge in [-0.1, -0.05) is 24.3 Å². The van der Waals surface area contributed by atoms with Crippen LogP contribution in [0.15, 0.2) is 48.5 Å². The lowest BCUT2D eigenvalue weighted by Gasteiger charge is -2.08. The fourth-order valence-electron chi connectivity index (χ4n) is 2.47. The number of para-hydroxylation sites is 1. The first-order chi connectivity index (χ1) is 10.3. The number of rotatable bonds is 5. The van der Waals surface area contributed by atoms with Gasteiger partial charge in [-0.2, -0.15) is 5.10 Å². The van der Waals surface area contributed by atoms with Crippen molar-refractivity contribution in [2.24, 2.45) is 7.05 Å². The number of benzene rings is 2. The quantitative estimate of drug-likeness (QED) is 0.777. The first-order valence-corrected chi connectivity index (χ1v) is 7.15. The van der Waals surface area contributed by atoms with Crippen LogP contribution in [0.3, 0.4) is 0 Å². The average Bonchev–Trinajstić information content (AvgIpc) is 2.83. The fourth-order valence-corrected chi connectivity index (χ4v) is 2.47. The summed E-state index contributed by atoms with van der Waals surface area (Å²) in [6, 6.07) is 16.3. The number of nitrogens with one attached hydrogen (secondary N) is 1. The molecular weight excluding hydrogens is 262 g/mol. The van der Waals surface area contributed by atoms with Crippen LogP contribution >= 0.6 is 0 Å². The molecule has 4 heteroatoms. The zero-order valence-electron chi connectivity index (χ0n) is 12.3. The summed E-state index contributed by atoms with van der Waals surface area (Å²) in [4.78, 5) is 0. The van der Waals surface area contributed by atoms with E-state index in [9.17, 15) is 0 Å². The lowest BCUT2D eigenvalue weighted by molar-refractivity contribution is 0.340. The van der Waals surface area contributed by atoms with Gasteiger partial charge in [-0.05, 0) is 25.1 Å². The maximum Gasteiger partial charge on any atom is 0.121 e. The molecule has 0 aliphatic carbocycles. The Balaban J connectivity index is 1.79. The maximum absolute atomic E-state index is 5.51. The van der Waals surface area contributed by atoms with Crippen molar-refractivity contribution >= 4 is 16.6 Å². The Kier molecular flexibility index (Phi) is 3.77. The second-order valence-electron chi connectivity index (χ2n) is 4.90. The number of aryl methyl sites for hydroxylation is 1. The van der Waals surface area contributed by atoms with Crippen LogP contribution in [-0.2, 0) is 13.6 Å². The van der Waals surface area contributed by atoms with E-state index < -0.39 is 0 Å². The van der Waals surface area contributed by atoms with E-state index in [-0.39, 0.29) is 0 Å². The molecule has 0 saturated carbocycles. The average molecular weight is 281 g/mol. The monoisotopic (exact) mass is 281 g/mol. The summed E-state index contributed by atoms with van der Waals surface area (Å²) in [7, 11) is 1.97. The first kappa shape index (κ1) is 13.5. The van der Waals surface area contributed by atoms with Gasteiger partial charge in [0.05, 0.1) is 24.4 Å². The van der Waals surface area contributed by atoms with E-state index in [1.807, 2.05) is 55.1 Å². The summed E-state index contributed by atoms with van der Waals surface area (Å²) in [6.07, 6.45) is 0. The molecule has 21 heavy (non-hydrogen) atoms. The van der Waals surface area contributed by atoms with E-state index in [1.54, 1.807) is 0 Å².